The van der Waals surface area contributed by atoms with Gasteiger partial charge in [0.15, 0.2) is 0 Å². The molecule has 0 saturated carbocycles. The predicted molar refractivity (Wildman–Crippen MR) is 75.8 cm³/mol. The van der Waals surface area contributed by atoms with Gasteiger partial charge in [-0.3, -0.25) is 0 Å². The Kier molecular flexibility index (Phi) is 3.63. The lowest BCUT2D eigenvalue weighted by molar-refractivity contribution is -0.132. The van der Waals surface area contributed by atoms with Crippen LogP contribution in [0.5, 0.6) is 0 Å². The summed E-state index contributed by atoms with van der Waals surface area (Å²) in [7, 11) is 0. The normalized spacial score (nSPS) is 11.6. The molecule has 0 radical (unpaired) electrons. The molecule has 18 heavy (non-hydrogen) atoms. The standard InChI is InChI=1S/C15H14O2S/c1-10-8-13(9-11(2)15(16)17)18-14(10)12-6-4-3-5-7-12/h3-9H,1-2H3,(H,16,17)/b11-9+. The zero-order chi connectivity index (χ0) is 13.1. The zero-order valence-corrected chi connectivity index (χ0v) is 11.1. The highest BCUT2D eigenvalue weighted by Gasteiger charge is 2.07. The molecule has 2 nitrogen and oxygen atoms in total. The van der Waals surface area contributed by atoms with Crippen molar-refractivity contribution >= 4 is 23.4 Å². The number of carboxylic acids is 1. The summed E-state index contributed by atoms with van der Waals surface area (Å²) in [4.78, 5) is 13.0. The van der Waals surface area contributed by atoms with Crippen molar-refractivity contribution in [2.24, 2.45) is 0 Å². The second-order valence-corrected chi connectivity index (χ2v) is 5.24. The number of benzene rings is 1. The van der Waals surface area contributed by atoms with Crippen molar-refractivity contribution in [3.05, 3.63) is 52.4 Å². The summed E-state index contributed by atoms with van der Waals surface area (Å²) in [6, 6.07) is 12.2. The van der Waals surface area contributed by atoms with E-state index in [1.54, 1.807) is 24.3 Å². The van der Waals surface area contributed by atoms with Crippen molar-refractivity contribution in [3.63, 3.8) is 0 Å². The first-order valence-electron chi connectivity index (χ1n) is 5.65. The van der Waals surface area contributed by atoms with Crippen molar-refractivity contribution in [1.82, 2.24) is 0 Å². The van der Waals surface area contributed by atoms with E-state index in [9.17, 15) is 4.79 Å². The third-order valence-electron chi connectivity index (χ3n) is 2.67. The number of aryl methyl sites for hydroxylation is 1. The van der Waals surface area contributed by atoms with Gasteiger partial charge in [0.2, 0.25) is 0 Å². The maximum Gasteiger partial charge on any atom is 0.331 e. The van der Waals surface area contributed by atoms with Crippen molar-refractivity contribution in [3.8, 4) is 10.4 Å². The maximum atomic E-state index is 10.8. The molecule has 0 aliphatic rings. The lowest BCUT2D eigenvalue weighted by Crippen LogP contribution is -1.94. The Morgan fingerprint density at radius 3 is 2.56 bits per heavy atom. The fourth-order valence-corrected chi connectivity index (χ4v) is 2.91. The van der Waals surface area contributed by atoms with Gasteiger partial charge in [0.05, 0.1) is 0 Å². The number of hydrogen-bond donors (Lipinski definition) is 1. The van der Waals surface area contributed by atoms with E-state index >= 15 is 0 Å². The van der Waals surface area contributed by atoms with Crippen LogP contribution >= 0.6 is 11.3 Å². The molecule has 1 N–H and O–H groups in total. The highest BCUT2D eigenvalue weighted by atomic mass is 32.1. The molecule has 0 spiro atoms. The highest BCUT2D eigenvalue weighted by Crippen LogP contribution is 2.33. The van der Waals surface area contributed by atoms with Crippen LogP contribution in [0.3, 0.4) is 0 Å². The quantitative estimate of drug-likeness (QED) is 0.837. The summed E-state index contributed by atoms with van der Waals surface area (Å²) < 4.78 is 0. The van der Waals surface area contributed by atoms with E-state index in [2.05, 4.69) is 12.1 Å². The monoisotopic (exact) mass is 258 g/mol. The van der Waals surface area contributed by atoms with Crippen LogP contribution in [0, 0.1) is 6.92 Å². The average Bonchev–Trinajstić information content (AvgIpc) is 2.71. The van der Waals surface area contributed by atoms with Gasteiger partial charge in [-0.25, -0.2) is 4.79 Å². The minimum Gasteiger partial charge on any atom is -0.478 e. The lowest BCUT2D eigenvalue weighted by atomic mass is 10.1. The van der Waals surface area contributed by atoms with E-state index in [1.165, 1.54) is 16.0 Å². The Morgan fingerprint density at radius 2 is 1.94 bits per heavy atom. The van der Waals surface area contributed by atoms with E-state index in [4.69, 9.17) is 5.11 Å². The van der Waals surface area contributed by atoms with Crippen LogP contribution in [0.1, 0.15) is 17.4 Å². The Labute approximate surface area is 110 Å². The molecule has 0 unspecified atom stereocenters. The van der Waals surface area contributed by atoms with Gasteiger partial charge >= 0.3 is 5.97 Å². The van der Waals surface area contributed by atoms with E-state index in [-0.39, 0.29) is 0 Å². The molecular formula is C15H14O2S. The molecular weight excluding hydrogens is 244 g/mol. The van der Waals surface area contributed by atoms with Crippen LogP contribution in [-0.4, -0.2) is 11.1 Å². The van der Waals surface area contributed by atoms with E-state index < -0.39 is 5.97 Å². The van der Waals surface area contributed by atoms with Crippen molar-refractivity contribution in [2.45, 2.75) is 13.8 Å². The van der Waals surface area contributed by atoms with Crippen LogP contribution in [-0.2, 0) is 4.79 Å². The number of rotatable bonds is 3. The molecule has 3 heteroatoms. The third-order valence-corrected chi connectivity index (χ3v) is 3.90. The van der Waals surface area contributed by atoms with Crippen LogP contribution in [0.4, 0.5) is 0 Å². The first kappa shape index (κ1) is 12.6. The lowest BCUT2D eigenvalue weighted by Gasteiger charge is -1.97. The highest BCUT2D eigenvalue weighted by molar-refractivity contribution is 7.16. The van der Waals surface area contributed by atoms with Gasteiger partial charge in [0.25, 0.3) is 0 Å². The molecule has 0 aliphatic heterocycles. The van der Waals surface area contributed by atoms with E-state index in [0.717, 1.165) is 4.88 Å². The molecule has 1 aromatic heterocycles. The number of thiophene rings is 1. The van der Waals surface area contributed by atoms with Crippen molar-refractivity contribution < 1.29 is 9.90 Å². The summed E-state index contributed by atoms with van der Waals surface area (Å²) in [5, 5.41) is 8.87. The molecule has 0 fully saturated rings. The molecule has 0 bridgehead atoms. The van der Waals surface area contributed by atoms with Crippen LogP contribution in [0.2, 0.25) is 0 Å². The average molecular weight is 258 g/mol. The van der Waals surface area contributed by atoms with Crippen molar-refractivity contribution in [1.29, 1.82) is 0 Å². The smallest absolute Gasteiger partial charge is 0.331 e. The molecule has 0 atom stereocenters. The van der Waals surface area contributed by atoms with Gasteiger partial charge in [-0.15, -0.1) is 11.3 Å². The number of carboxylic acid groups (broad SMARTS) is 1. The Hall–Kier alpha value is -1.87. The molecule has 2 aromatic rings. The van der Waals surface area contributed by atoms with Gasteiger partial charge in [-0.2, -0.15) is 0 Å². The van der Waals surface area contributed by atoms with Gasteiger partial charge in [0.1, 0.15) is 0 Å². The molecule has 1 aromatic carbocycles. The second-order valence-electron chi connectivity index (χ2n) is 4.16. The molecule has 0 saturated heterocycles. The van der Waals surface area contributed by atoms with Gasteiger partial charge in [-0.05, 0) is 37.1 Å². The summed E-state index contributed by atoms with van der Waals surface area (Å²) in [6.45, 7) is 3.66. The van der Waals surface area contributed by atoms with Crippen LogP contribution in [0.25, 0.3) is 16.5 Å². The number of hydrogen-bond acceptors (Lipinski definition) is 2. The Morgan fingerprint density at radius 1 is 1.28 bits per heavy atom. The first-order valence-corrected chi connectivity index (χ1v) is 6.47. The fraction of sp³-hybridized carbons (Fsp3) is 0.133. The Balaban J connectivity index is 2.40. The molecule has 0 amide bonds. The summed E-state index contributed by atoms with van der Waals surface area (Å²) in [5.41, 5.74) is 2.71. The van der Waals surface area contributed by atoms with E-state index in [1.807, 2.05) is 31.2 Å². The Bertz CT molecular complexity index is 594. The maximum absolute atomic E-state index is 10.8. The minimum absolute atomic E-state index is 0.357. The van der Waals surface area contributed by atoms with Gasteiger partial charge in [0, 0.05) is 15.3 Å². The summed E-state index contributed by atoms with van der Waals surface area (Å²) in [6.07, 6.45) is 1.71. The first-order chi connectivity index (χ1) is 8.58. The third kappa shape index (κ3) is 2.68. The molecule has 1 heterocycles. The topological polar surface area (TPSA) is 37.3 Å². The largest absolute Gasteiger partial charge is 0.478 e. The molecule has 0 aliphatic carbocycles. The van der Waals surface area contributed by atoms with Gasteiger partial charge < -0.3 is 5.11 Å². The van der Waals surface area contributed by atoms with Gasteiger partial charge in [-0.1, -0.05) is 30.3 Å². The predicted octanol–water partition coefficient (Wildman–Crippen LogP) is 4.21. The number of carbonyl (C=O) groups is 1. The van der Waals surface area contributed by atoms with Crippen molar-refractivity contribution in [2.75, 3.05) is 0 Å². The second kappa shape index (κ2) is 5.19. The minimum atomic E-state index is -0.873. The molecule has 2 rings (SSSR count). The van der Waals surface area contributed by atoms with E-state index in [0.29, 0.717) is 5.57 Å². The van der Waals surface area contributed by atoms with Crippen LogP contribution < -0.4 is 0 Å². The molecule has 92 valence electrons. The van der Waals surface area contributed by atoms with Crippen LogP contribution in [0.15, 0.2) is 42.0 Å². The SMILES string of the molecule is C/C(=C\c1cc(C)c(-c2ccccc2)s1)C(=O)O. The fourth-order valence-electron chi connectivity index (χ4n) is 1.73. The summed E-state index contributed by atoms with van der Waals surface area (Å²) >= 11 is 1.62. The summed E-state index contributed by atoms with van der Waals surface area (Å²) in [5.74, 6) is -0.873. The number of aliphatic carboxylic acids is 1. The zero-order valence-electron chi connectivity index (χ0n) is 10.3.